The van der Waals surface area contributed by atoms with Gasteiger partial charge < -0.3 is 10.6 Å². The predicted molar refractivity (Wildman–Crippen MR) is 96.8 cm³/mol. The smallest absolute Gasteiger partial charge is 0.315 e. The number of hydrogen-bond donors (Lipinski definition) is 1. The lowest BCUT2D eigenvalue weighted by Gasteiger charge is -2.27. The molecule has 24 heavy (non-hydrogen) atoms. The van der Waals surface area contributed by atoms with E-state index in [0.717, 1.165) is 29.0 Å². The Morgan fingerprint density at radius 1 is 1.21 bits per heavy atom. The first-order chi connectivity index (χ1) is 10.9. The molecule has 0 radical (unpaired) electrons. The summed E-state index contributed by atoms with van der Waals surface area (Å²) in [5, 5.41) is 1.85. The van der Waals surface area contributed by atoms with Gasteiger partial charge in [0, 0.05) is 23.6 Å². The number of rotatable bonds is 2. The number of benzene rings is 1. The van der Waals surface area contributed by atoms with Gasteiger partial charge in [0.15, 0.2) is 0 Å². The van der Waals surface area contributed by atoms with Crippen LogP contribution in [0.2, 0.25) is 0 Å². The fourth-order valence-electron chi connectivity index (χ4n) is 2.41. The minimum atomic E-state index is -4.39. The van der Waals surface area contributed by atoms with E-state index in [1.807, 2.05) is 18.4 Å². The third kappa shape index (κ3) is 3.76. The van der Waals surface area contributed by atoms with Crippen LogP contribution in [-0.2, 0) is 6.18 Å². The van der Waals surface area contributed by atoms with E-state index in [-0.39, 0.29) is 17.0 Å². The number of anilines is 1. The Bertz CT molecular complexity index is 764. The van der Waals surface area contributed by atoms with Crippen LogP contribution in [0.3, 0.4) is 0 Å². The molecule has 2 heterocycles. The molecular formula is C16H15BrF3N3S. The highest BCUT2D eigenvalue weighted by molar-refractivity contribution is 8.93. The summed E-state index contributed by atoms with van der Waals surface area (Å²) in [5.74, 6) is 0. The molecule has 0 aliphatic carbocycles. The Morgan fingerprint density at radius 2 is 1.96 bits per heavy atom. The number of aryl methyl sites for hydroxylation is 1. The second-order valence-corrected chi connectivity index (χ2v) is 6.19. The van der Waals surface area contributed by atoms with Gasteiger partial charge in [-0.3, -0.25) is 4.98 Å². The summed E-state index contributed by atoms with van der Waals surface area (Å²) >= 11 is 1.35. The lowest BCUT2D eigenvalue weighted by molar-refractivity contribution is -0.137. The number of alkyl halides is 3. The Hall–Kier alpha value is -1.51. The zero-order valence-corrected chi connectivity index (χ0v) is 15.1. The molecule has 0 saturated heterocycles. The molecule has 0 amide bonds. The van der Waals surface area contributed by atoms with E-state index in [9.17, 15) is 13.2 Å². The first-order valence-corrected chi connectivity index (χ1v) is 7.80. The van der Waals surface area contributed by atoms with E-state index in [2.05, 4.69) is 4.98 Å². The largest absolute Gasteiger partial charge is 0.416 e. The molecule has 1 unspecified atom stereocenters. The van der Waals surface area contributed by atoms with Crippen molar-refractivity contribution in [2.45, 2.75) is 18.6 Å². The highest BCUT2D eigenvalue weighted by atomic mass is 79.9. The number of hydrogen-bond acceptors (Lipinski definition) is 4. The van der Waals surface area contributed by atoms with Crippen LogP contribution < -0.4 is 10.6 Å². The monoisotopic (exact) mass is 417 g/mol. The van der Waals surface area contributed by atoms with Gasteiger partial charge in [0.2, 0.25) is 0 Å². The van der Waals surface area contributed by atoms with Gasteiger partial charge in [-0.2, -0.15) is 13.2 Å². The quantitative estimate of drug-likeness (QED) is 0.763. The van der Waals surface area contributed by atoms with Crippen LogP contribution >= 0.6 is 28.7 Å². The summed E-state index contributed by atoms with van der Waals surface area (Å²) < 4.78 is 38.8. The average Bonchev–Trinajstić information content (AvgIpc) is 2.88. The summed E-state index contributed by atoms with van der Waals surface area (Å²) in [7, 11) is 0. The minimum Gasteiger partial charge on any atom is -0.315 e. The normalized spacial score (nSPS) is 17.5. The Kier molecular flexibility index (Phi) is 5.62. The van der Waals surface area contributed by atoms with Crippen LogP contribution in [0.4, 0.5) is 18.9 Å². The third-order valence-electron chi connectivity index (χ3n) is 3.46. The van der Waals surface area contributed by atoms with Crippen LogP contribution in [-0.4, -0.2) is 10.5 Å². The van der Waals surface area contributed by atoms with Crippen molar-refractivity contribution < 1.29 is 13.2 Å². The molecule has 1 atom stereocenters. The van der Waals surface area contributed by atoms with Gasteiger partial charge >= 0.3 is 6.18 Å². The summed E-state index contributed by atoms with van der Waals surface area (Å²) in [6, 6.07) is 7.11. The Labute approximate surface area is 152 Å². The zero-order valence-electron chi connectivity index (χ0n) is 12.6. The molecule has 8 heteroatoms. The van der Waals surface area contributed by atoms with Crippen molar-refractivity contribution in [2.24, 2.45) is 5.73 Å². The van der Waals surface area contributed by atoms with Gasteiger partial charge in [-0.1, -0.05) is 17.8 Å². The number of nitrogens with zero attached hydrogens (tertiary/aromatic N) is 2. The fraction of sp³-hybridized carbons (Fsp3) is 0.188. The minimum absolute atomic E-state index is 0. The van der Waals surface area contributed by atoms with E-state index < -0.39 is 17.2 Å². The molecular weight excluding hydrogens is 403 g/mol. The van der Waals surface area contributed by atoms with E-state index in [1.54, 1.807) is 23.4 Å². The van der Waals surface area contributed by atoms with Gasteiger partial charge in [-0.05, 0) is 42.2 Å². The maximum absolute atomic E-state index is 12.9. The maximum atomic E-state index is 12.9. The van der Waals surface area contributed by atoms with Crippen molar-refractivity contribution in [3.63, 3.8) is 0 Å². The highest BCUT2D eigenvalue weighted by Gasteiger charge is 2.32. The number of nitrogens with two attached hydrogens (primary N) is 1. The predicted octanol–water partition coefficient (Wildman–Crippen LogP) is 4.78. The first kappa shape index (κ1) is 18.8. The molecule has 1 aromatic carbocycles. The van der Waals surface area contributed by atoms with Gasteiger partial charge in [-0.25, -0.2) is 0 Å². The molecule has 128 valence electrons. The molecule has 1 aromatic heterocycles. The second-order valence-electron chi connectivity index (χ2n) is 5.20. The SMILES string of the molecule is Br.Cc1cncc(C2=CSC(N)N2c2cccc(C(F)(F)F)c2)c1. The Morgan fingerprint density at radius 3 is 2.62 bits per heavy atom. The number of pyridine rings is 1. The van der Waals surface area contributed by atoms with Gasteiger partial charge in [0.1, 0.15) is 5.50 Å². The van der Waals surface area contributed by atoms with Crippen molar-refractivity contribution in [1.82, 2.24) is 4.98 Å². The number of aromatic nitrogens is 1. The molecule has 3 rings (SSSR count). The van der Waals surface area contributed by atoms with Gasteiger partial charge in [0.05, 0.1) is 11.3 Å². The van der Waals surface area contributed by atoms with Gasteiger partial charge in [-0.15, -0.1) is 17.0 Å². The highest BCUT2D eigenvalue weighted by Crippen LogP contribution is 2.40. The van der Waals surface area contributed by atoms with E-state index >= 15 is 0 Å². The first-order valence-electron chi connectivity index (χ1n) is 6.86. The maximum Gasteiger partial charge on any atom is 0.416 e. The van der Waals surface area contributed by atoms with Crippen LogP contribution in [0.15, 0.2) is 48.1 Å². The van der Waals surface area contributed by atoms with Crippen molar-refractivity contribution in [3.05, 3.63) is 64.8 Å². The van der Waals surface area contributed by atoms with E-state index in [0.29, 0.717) is 5.69 Å². The van der Waals surface area contributed by atoms with Crippen LogP contribution in [0, 0.1) is 6.92 Å². The molecule has 2 aromatic rings. The van der Waals surface area contributed by atoms with E-state index in [1.165, 1.54) is 17.8 Å². The summed E-state index contributed by atoms with van der Waals surface area (Å²) in [5.41, 5.74) is 7.85. The summed E-state index contributed by atoms with van der Waals surface area (Å²) in [6.45, 7) is 1.91. The standard InChI is InChI=1S/C16H14F3N3S.BrH/c1-10-5-11(8-21-7-10)14-9-23-15(20)22(14)13-4-2-3-12(6-13)16(17,18)19;/h2-9,15H,20H2,1H3;1H. The lowest BCUT2D eigenvalue weighted by atomic mass is 10.1. The van der Waals surface area contributed by atoms with E-state index in [4.69, 9.17) is 5.73 Å². The molecule has 1 aliphatic rings. The fourth-order valence-corrected chi connectivity index (χ4v) is 3.28. The Balaban J connectivity index is 0.00000208. The lowest BCUT2D eigenvalue weighted by Crippen LogP contribution is -2.34. The average molecular weight is 418 g/mol. The van der Waals surface area contributed by atoms with Crippen molar-refractivity contribution in [1.29, 1.82) is 0 Å². The molecule has 0 bridgehead atoms. The number of halogens is 4. The molecule has 0 spiro atoms. The number of thioether (sulfide) groups is 1. The molecule has 0 saturated carbocycles. The molecule has 3 nitrogen and oxygen atoms in total. The summed E-state index contributed by atoms with van der Waals surface area (Å²) in [6.07, 6.45) is -0.986. The molecule has 0 fully saturated rings. The second kappa shape index (κ2) is 7.16. The summed E-state index contributed by atoms with van der Waals surface area (Å²) in [4.78, 5) is 5.83. The van der Waals surface area contributed by atoms with Crippen molar-refractivity contribution in [3.8, 4) is 0 Å². The van der Waals surface area contributed by atoms with Crippen molar-refractivity contribution >= 4 is 40.1 Å². The third-order valence-corrected chi connectivity index (χ3v) is 4.30. The molecule has 1 aliphatic heterocycles. The molecule has 2 N–H and O–H groups in total. The van der Waals surface area contributed by atoms with Crippen LogP contribution in [0.1, 0.15) is 16.7 Å². The topological polar surface area (TPSA) is 42.1 Å². The van der Waals surface area contributed by atoms with Crippen LogP contribution in [0.5, 0.6) is 0 Å². The zero-order chi connectivity index (χ0) is 16.6. The van der Waals surface area contributed by atoms with Gasteiger partial charge in [0.25, 0.3) is 0 Å². The van der Waals surface area contributed by atoms with Crippen LogP contribution in [0.25, 0.3) is 5.70 Å². The van der Waals surface area contributed by atoms with Crippen molar-refractivity contribution in [2.75, 3.05) is 4.90 Å².